The molecule has 0 saturated heterocycles. The van der Waals surface area contributed by atoms with E-state index >= 15 is 0 Å². The Balaban J connectivity index is 1.81. The maximum Gasteiger partial charge on any atom is 0.225 e. The predicted octanol–water partition coefficient (Wildman–Crippen LogP) is 3.11. The Labute approximate surface area is 102 Å². The fraction of sp³-hybridized carbons (Fsp3) is 0.545. The molecule has 0 unspecified atom stereocenters. The van der Waals surface area contributed by atoms with Gasteiger partial charge in [-0.2, -0.15) is 0 Å². The van der Waals surface area contributed by atoms with Crippen molar-refractivity contribution in [1.82, 2.24) is 5.32 Å². The Morgan fingerprint density at radius 3 is 2.87 bits per heavy atom. The van der Waals surface area contributed by atoms with Gasteiger partial charge in [0.25, 0.3) is 0 Å². The smallest absolute Gasteiger partial charge is 0.225 e. The number of thiophene rings is 1. The van der Waals surface area contributed by atoms with Gasteiger partial charge < -0.3 is 5.32 Å². The average molecular weight is 288 g/mol. The highest BCUT2D eigenvalue weighted by Crippen LogP contribution is 2.21. The molecule has 0 aliphatic heterocycles. The molecule has 0 aromatic carbocycles. The summed E-state index contributed by atoms with van der Waals surface area (Å²) < 4.78 is 1.07. The van der Waals surface area contributed by atoms with Gasteiger partial charge in [-0.3, -0.25) is 4.79 Å². The third-order valence-electron chi connectivity index (χ3n) is 2.68. The second kappa shape index (κ2) is 5.12. The van der Waals surface area contributed by atoms with Crippen molar-refractivity contribution in [2.45, 2.75) is 38.1 Å². The lowest BCUT2D eigenvalue weighted by Gasteiger charge is -2.10. The summed E-state index contributed by atoms with van der Waals surface area (Å²) in [5.41, 5.74) is 0. The Bertz CT molecular complexity index is 344. The number of hydrogen-bond donors (Lipinski definition) is 1. The molecule has 2 nitrogen and oxygen atoms in total. The van der Waals surface area contributed by atoms with Crippen LogP contribution >= 0.6 is 27.3 Å². The average Bonchev–Trinajstić information content (AvgIpc) is 2.77. The first kappa shape index (κ1) is 11.1. The molecule has 4 heteroatoms. The summed E-state index contributed by atoms with van der Waals surface area (Å²) in [5, 5.41) is 5.10. The normalized spacial score (nSPS) is 16.9. The van der Waals surface area contributed by atoms with Crippen LogP contribution in [0.4, 0.5) is 0 Å². The van der Waals surface area contributed by atoms with Crippen molar-refractivity contribution in [3.05, 3.63) is 20.8 Å². The lowest BCUT2D eigenvalue weighted by molar-refractivity contribution is -0.121. The van der Waals surface area contributed by atoms with Gasteiger partial charge >= 0.3 is 0 Å². The molecule has 15 heavy (non-hydrogen) atoms. The molecule has 1 heterocycles. The predicted molar refractivity (Wildman–Crippen MR) is 66.1 cm³/mol. The van der Waals surface area contributed by atoms with Crippen molar-refractivity contribution in [2.75, 3.05) is 0 Å². The Hall–Kier alpha value is -0.350. The van der Waals surface area contributed by atoms with Gasteiger partial charge in [0.15, 0.2) is 0 Å². The quantitative estimate of drug-likeness (QED) is 0.909. The molecule has 1 fully saturated rings. The number of halogens is 1. The molecule has 2 rings (SSSR count). The number of rotatable bonds is 3. The van der Waals surface area contributed by atoms with E-state index in [9.17, 15) is 4.79 Å². The largest absolute Gasteiger partial charge is 0.353 e. The third-order valence-corrected chi connectivity index (χ3v) is 4.37. The van der Waals surface area contributed by atoms with Crippen LogP contribution in [0.3, 0.4) is 0 Å². The highest BCUT2D eigenvalue weighted by molar-refractivity contribution is 9.10. The monoisotopic (exact) mass is 287 g/mol. The van der Waals surface area contributed by atoms with Crippen molar-refractivity contribution in [3.63, 3.8) is 0 Å². The van der Waals surface area contributed by atoms with Crippen molar-refractivity contribution in [3.8, 4) is 0 Å². The van der Waals surface area contributed by atoms with Gasteiger partial charge in [-0.25, -0.2) is 0 Å². The molecule has 0 bridgehead atoms. The van der Waals surface area contributed by atoms with Crippen LogP contribution in [-0.4, -0.2) is 11.9 Å². The summed E-state index contributed by atoms with van der Waals surface area (Å²) in [7, 11) is 0. The molecule has 1 amide bonds. The molecular weight excluding hydrogens is 274 g/mol. The van der Waals surface area contributed by atoms with Crippen molar-refractivity contribution >= 4 is 33.2 Å². The van der Waals surface area contributed by atoms with E-state index in [1.807, 2.05) is 11.4 Å². The minimum Gasteiger partial charge on any atom is -0.353 e. The molecule has 1 aromatic heterocycles. The van der Waals surface area contributed by atoms with E-state index in [1.165, 1.54) is 12.8 Å². The highest BCUT2D eigenvalue weighted by atomic mass is 79.9. The molecule has 0 radical (unpaired) electrons. The van der Waals surface area contributed by atoms with E-state index in [2.05, 4.69) is 21.2 Å². The summed E-state index contributed by atoms with van der Waals surface area (Å²) >= 11 is 5.02. The second-order valence-electron chi connectivity index (χ2n) is 3.96. The lowest BCUT2D eigenvalue weighted by Crippen LogP contribution is -2.33. The summed E-state index contributed by atoms with van der Waals surface area (Å²) in [4.78, 5) is 12.8. The Morgan fingerprint density at radius 1 is 1.53 bits per heavy atom. The van der Waals surface area contributed by atoms with E-state index in [-0.39, 0.29) is 5.91 Å². The zero-order chi connectivity index (χ0) is 10.7. The molecule has 1 aromatic rings. The van der Waals surface area contributed by atoms with Gasteiger partial charge in [0, 0.05) is 20.8 Å². The first-order chi connectivity index (χ1) is 7.24. The minimum atomic E-state index is 0.163. The molecule has 1 aliphatic carbocycles. The highest BCUT2D eigenvalue weighted by Gasteiger charge is 2.17. The third kappa shape index (κ3) is 3.31. The standard InChI is InChI=1S/C11H14BrNOS/c12-8-5-10(15-7-8)6-11(14)13-9-3-1-2-4-9/h5,7,9H,1-4,6H2,(H,13,14). The van der Waals surface area contributed by atoms with Gasteiger partial charge in [-0.05, 0) is 34.8 Å². The summed E-state index contributed by atoms with van der Waals surface area (Å²) in [5.74, 6) is 0.163. The zero-order valence-electron chi connectivity index (χ0n) is 8.46. The van der Waals surface area contributed by atoms with Crippen molar-refractivity contribution in [2.24, 2.45) is 0 Å². The van der Waals surface area contributed by atoms with E-state index < -0.39 is 0 Å². The fourth-order valence-electron chi connectivity index (χ4n) is 1.95. The van der Waals surface area contributed by atoms with Crippen molar-refractivity contribution < 1.29 is 4.79 Å². The van der Waals surface area contributed by atoms with Crippen LogP contribution in [0.1, 0.15) is 30.6 Å². The van der Waals surface area contributed by atoms with Crippen LogP contribution < -0.4 is 5.32 Å². The fourth-order valence-corrected chi connectivity index (χ4v) is 3.40. The van der Waals surface area contributed by atoms with Crippen LogP contribution in [0.2, 0.25) is 0 Å². The molecule has 1 saturated carbocycles. The molecular formula is C11H14BrNOS. The number of carbonyl (C=O) groups is 1. The first-order valence-corrected chi connectivity index (χ1v) is 6.93. The Morgan fingerprint density at radius 2 is 2.27 bits per heavy atom. The first-order valence-electron chi connectivity index (χ1n) is 5.26. The summed E-state index contributed by atoms with van der Waals surface area (Å²) in [6, 6.07) is 2.44. The van der Waals surface area contributed by atoms with Gasteiger partial charge in [-0.1, -0.05) is 12.8 Å². The lowest BCUT2D eigenvalue weighted by atomic mass is 10.2. The van der Waals surface area contributed by atoms with E-state index in [4.69, 9.17) is 0 Å². The molecule has 1 N–H and O–H groups in total. The van der Waals surface area contributed by atoms with E-state index in [0.717, 1.165) is 22.2 Å². The summed E-state index contributed by atoms with van der Waals surface area (Å²) in [6.07, 6.45) is 5.34. The molecule has 82 valence electrons. The molecule has 0 spiro atoms. The zero-order valence-corrected chi connectivity index (χ0v) is 10.9. The SMILES string of the molecule is O=C(Cc1cc(Br)cs1)NC1CCCC1. The number of nitrogens with one attached hydrogen (secondary N) is 1. The molecule has 1 aliphatic rings. The summed E-state index contributed by atoms with van der Waals surface area (Å²) in [6.45, 7) is 0. The van der Waals surface area contributed by atoms with Crippen LogP contribution in [0.25, 0.3) is 0 Å². The van der Waals surface area contributed by atoms with Gasteiger partial charge in [0.05, 0.1) is 6.42 Å². The van der Waals surface area contributed by atoms with Crippen LogP contribution in [-0.2, 0) is 11.2 Å². The van der Waals surface area contributed by atoms with Gasteiger partial charge in [0.1, 0.15) is 0 Å². The van der Waals surface area contributed by atoms with Crippen LogP contribution in [0.15, 0.2) is 15.9 Å². The number of amides is 1. The number of hydrogen-bond acceptors (Lipinski definition) is 2. The van der Waals surface area contributed by atoms with Crippen LogP contribution in [0, 0.1) is 0 Å². The van der Waals surface area contributed by atoms with Gasteiger partial charge in [-0.15, -0.1) is 11.3 Å². The van der Waals surface area contributed by atoms with Crippen LogP contribution in [0.5, 0.6) is 0 Å². The van der Waals surface area contributed by atoms with E-state index in [1.54, 1.807) is 11.3 Å². The topological polar surface area (TPSA) is 29.1 Å². The molecule has 0 atom stereocenters. The van der Waals surface area contributed by atoms with Crippen molar-refractivity contribution in [1.29, 1.82) is 0 Å². The maximum atomic E-state index is 11.7. The Kier molecular flexibility index (Phi) is 3.81. The maximum absolute atomic E-state index is 11.7. The number of carbonyl (C=O) groups excluding carboxylic acids is 1. The second-order valence-corrected chi connectivity index (χ2v) is 5.87. The van der Waals surface area contributed by atoms with Gasteiger partial charge in [0.2, 0.25) is 5.91 Å². The minimum absolute atomic E-state index is 0.163. The van der Waals surface area contributed by atoms with E-state index in [0.29, 0.717) is 12.5 Å².